The molecule has 0 N–H and O–H groups in total. The Labute approximate surface area is 352 Å². The van der Waals surface area contributed by atoms with Gasteiger partial charge in [0.15, 0.2) is 0 Å². The first-order chi connectivity index (χ1) is 30.3. The second kappa shape index (κ2) is 13.2. The van der Waals surface area contributed by atoms with Crippen LogP contribution in [0.1, 0.15) is 0 Å². The van der Waals surface area contributed by atoms with Crippen LogP contribution in [0.15, 0.2) is 212 Å². The zero-order chi connectivity index (χ0) is 40.0. The van der Waals surface area contributed by atoms with Crippen LogP contribution < -0.4 is 26.2 Å². The van der Waals surface area contributed by atoms with Crippen LogP contribution in [0.5, 0.6) is 0 Å². The van der Waals surface area contributed by atoms with Gasteiger partial charge in [-0.05, 0) is 120 Å². The van der Waals surface area contributed by atoms with Crippen LogP contribution in [-0.4, -0.2) is 25.8 Å². The minimum absolute atomic E-state index is 0.106. The van der Waals surface area contributed by atoms with Crippen LogP contribution in [0.25, 0.3) is 55.7 Å². The largest absolute Gasteiger partial charge is 0.311 e. The Kier molecular flexibility index (Phi) is 7.30. The number of fused-ring (bicyclic) bond motifs is 8. The molecule has 2 aliphatic rings. The van der Waals surface area contributed by atoms with Gasteiger partial charge in [0.05, 0.1) is 22.1 Å². The number of rotatable bonds is 5. The van der Waals surface area contributed by atoms with Crippen molar-refractivity contribution in [3.05, 3.63) is 212 Å². The summed E-state index contributed by atoms with van der Waals surface area (Å²) in [6, 6.07) is 74.2. The molecule has 3 aromatic heterocycles. The minimum atomic E-state index is -0.106. The molecule has 0 unspecified atom stereocenters. The van der Waals surface area contributed by atoms with Gasteiger partial charge in [0.2, 0.25) is 0 Å². The number of hydrogen-bond acceptors (Lipinski definition) is 4. The Morgan fingerprint density at radius 1 is 0.393 bits per heavy atom. The zero-order valence-corrected chi connectivity index (χ0v) is 33.0. The molecule has 0 bridgehead atoms. The lowest BCUT2D eigenvalue weighted by molar-refractivity contribution is 1.08. The maximum Gasteiger partial charge on any atom is 0.252 e. The fourth-order valence-electron chi connectivity index (χ4n) is 10.0. The molecule has 0 spiro atoms. The summed E-state index contributed by atoms with van der Waals surface area (Å²) in [5, 5.41) is 2.38. The van der Waals surface area contributed by atoms with E-state index in [1.54, 1.807) is 0 Å². The van der Waals surface area contributed by atoms with Crippen molar-refractivity contribution in [3.8, 4) is 22.9 Å². The third-order valence-electron chi connectivity index (χ3n) is 12.5. The molecule has 6 nitrogen and oxygen atoms in total. The normalized spacial score (nSPS) is 12.8. The van der Waals surface area contributed by atoms with Gasteiger partial charge in [0, 0.05) is 62.3 Å². The molecular weight excluding hydrogens is 743 g/mol. The van der Waals surface area contributed by atoms with Crippen LogP contribution in [0.4, 0.5) is 34.1 Å². The summed E-state index contributed by atoms with van der Waals surface area (Å²) in [5.74, 6) is 1.81. The third-order valence-corrected chi connectivity index (χ3v) is 12.5. The van der Waals surface area contributed by atoms with E-state index < -0.39 is 0 Å². The molecule has 0 aliphatic carbocycles. The van der Waals surface area contributed by atoms with Gasteiger partial charge in [0.1, 0.15) is 11.6 Å². The Morgan fingerprint density at radius 3 is 1.74 bits per heavy atom. The second-order valence-electron chi connectivity index (χ2n) is 15.8. The maximum absolute atomic E-state index is 5.35. The topological polar surface area (TPSA) is 42.1 Å². The molecule has 0 fully saturated rings. The molecule has 5 heterocycles. The first kappa shape index (κ1) is 33.8. The molecule has 61 heavy (non-hydrogen) atoms. The van der Waals surface area contributed by atoms with Crippen LogP contribution in [0.2, 0.25) is 0 Å². The number of nitrogens with zero attached hydrogens (tertiary/aromatic N) is 6. The number of imidazole rings is 1. The molecule has 11 aromatic rings. The average Bonchev–Trinajstić information content (AvgIpc) is 3.88. The molecule has 0 radical (unpaired) electrons. The number of para-hydroxylation sites is 6. The van der Waals surface area contributed by atoms with E-state index in [2.05, 4.69) is 219 Å². The van der Waals surface area contributed by atoms with E-state index in [0.717, 1.165) is 62.0 Å². The Morgan fingerprint density at radius 2 is 1.02 bits per heavy atom. The lowest BCUT2D eigenvalue weighted by Gasteiger charge is -2.44. The van der Waals surface area contributed by atoms with Gasteiger partial charge in [-0.1, -0.05) is 103 Å². The molecule has 0 saturated heterocycles. The van der Waals surface area contributed by atoms with Gasteiger partial charge < -0.3 is 9.80 Å². The lowest BCUT2D eigenvalue weighted by atomic mass is 9.33. The number of anilines is 6. The summed E-state index contributed by atoms with van der Waals surface area (Å²) in [7, 11) is 0. The van der Waals surface area contributed by atoms with E-state index in [9.17, 15) is 0 Å². The fraction of sp³-hybridized carbons (Fsp3) is 0. The quantitative estimate of drug-likeness (QED) is 0.163. The summed E-state index contributed by atoms with van der Waals surface area (Å²) in [6.07, 6.45) is 1.88. The van der Waals surface area contributed by atoms with Crippen LogP contribution in [0.3, 0.4) is 0 Å². The highest BCUT2D eigenvalue weighted by Crippen LogP contribution is 2.46. The lowest BCUT2D eigenvalue weighted by Crippen LogP contribution is -2.61. The molecule has 13 rings (SSSR count). The number of hydrogen-bond donors (Lipinski definition) is 0. The van der Waals surface area contributed by atoms with Crippen molar-refractivity contribution >= 4 is 90.1 Å². The van der Waals surface area contributed by atoms with E-state index in [-0.39, 0.29) is 6.71 Å². The van der Waals surface area contributed by atoms with E-state index in [1.165, 1.54) is 44.2 Å². The number of aromatic nitrogens is 4. The van der Waals surface area contributed by atoms with Crippen molar-refractivity contribution < 1.29 is 0 Å². The molecular formula is C54H35BN6. The summed E-state index contributed by atoms with van der Waals surface area (Å²) >= 11 is 0. The van der Waals surface area contributed by atoms with E-state index in [0.29, 0.717) is 0 Å². The molecule has 7 heteroatoms. The van der Waals surface area contributed by atoms with Gasteiger partial charge in [-0.2, -0.15) is 0 Å². The first-order valence-electron chi connectivity index (χ1n) is 20.8. The van der Waals surface area contributed by atoms with Crippen molar-refractivity contribution in [3.63, 3.8) is 0 Å². The maximum atomic E-state index is 5.35. The van der Waals surface area contributed by atoms with Crippen molar-refractivity contribution in [2.75, 3.05) is 9.80 Å². The molecule has 2 aliphatic heterocycles. The summed E-state index contributed by atoms with van der Waals surface area (Å²) < 4.78 is 4.63. The highest BCUT2D eigenvalue weighted by Gasteiger charge is 2.44. The van der Waals surface area contributed by atoms with Gasteiger partial charge in [-0.25, -0.2) is 9.97 Å². The van der Waals surface area contributed by atoms with Crippen molar-refractivity contribution in [2.45, 2.75) is 0 Å². The number of benzene rings is 8. The van der Waals surface area contributed by atoms with E-state index in [1.807, 2.05) is 12.3 Å². The van der Waals surface area contributed by atoms with E-state index in [4.69, 9.17) is 9.97 Å². The molecule has 0 saturated carbocycles. The van der Waals surface area contributed by atoms with Gasteiger partial charge >= 0.3 is 0 Å². The van der Waals surface area contributed by atoms with Crippen molar-refractivity contribution in [1.82, 2.24) is 19.1 Å². The van der Waals surface area contributed by atoms with Gasteiger partial charge in [0.25, 0.3) is 6.71 Å². The predicted molar refractivity (Wildman–Crippen MR) is 253 cm³/mol. The standard InChI is InChI=1S/C54H35BN6/c1-4-17-37(18-5-1)58-46-31-30-36(54-57-44-24-11-13-26-47(44)60(54)39-21-8-3-9-22-39)33-42(46)55-43-35-50-41(40-23-10-12-25-45(40)61(50)52-29-14-15-32-56-52)34-51(43)59(38-19-6-2-7-20-38)49-28-16-27-48(58)53(49)55/h1-35H. The Balaban J connectivity index is 1.15. The summed E-state index contributed by atoms with van der Waals surface area (Å²) in [6.45, 7) is -0.106. The van der Waals surface area contributed by atoms with Gasteiger partial charge in [-0.3, -0.25) is 9.13 Å². The second-order valence-corrected chi connectivity index (χ2v) is 15.8. The fourth-order valence-corrected chi connectivity index (χ4v) is 10.0. The van der Waals surface area contributed by atoms with Crippen LogP contribution in [-0.2, 0) is 0 Å². The minimum Gasteiger partial charge on any atom is -0.311 e. The third kappa shape index (κ3) is 4.98. The van der Waals surface area contributed by atoms with E-state index >= 15 is 0 Å². The zero-order valence-electron chi connectivity index (χ0n) is 33.0. The molecule has 0 amide bonds. The Hall–Kier alpha value is -8.16. The van der Waals surface area contributed by atoms with Crippen LogP contribution in [0, 0.1) is 0 Å². The molecule has 8 aromatic carbocycles. The first-order valence-corrected chi connectivity index (χ1v) is 20.8. The molecule has 0 atom stereocenters. The monoisotopic (exact) mass is 778 g/mol. The summed E-state index contributed by atoms with van der Waals surface area (Å²) in [4.78, 5) is 15.2. The smallest absolute Gasteiger partial charge is 0.252 e. The number of pyridine rings is 1. The SMILES string of the molecule is c1ccc(N2c3ccc(-c4nc5ccccc5n4-c4ccccc4)cc3B3c4cc5c(cc4N(c4ccccc4)c4cccc2c43)c2ccccc2n5-c2ccccn2)cc1. The van der Waals surface area contributed by atoms with Crippen molar-refractivity contribution in [2.24, 2.45) is 0 Å². The highest BCUT2D eigenvalue weighted by molar-refractivity contribution is 7.00. The van der Waals surface area contributed by atoms with Crippen molar-refractivity contribution in [1.29, 1.82) is 0 Å². The highest BCUT2D eigenvalue weighted by atomic mass is 15.2. The molecule has 284 valence electrons. The predicted octanol–water partition coefficient (Wildman–Crippen LogP) is 11.3. The average molecular weight is 779 g/mol. The summed E-state index contributed by atoms with van der Waals surface area (Å²) in [5.41, 5.74) is 17.0. The Bertz CT molecular complexity index is 3490. The van der Waals surface area contributed by atoms with Crippen LogP contribution >= 0.6 is 0 Å². The van der Waals surface area contributed by atoms with Gasteiger partial charge in [-0.15, -0.1) is 0 Å².